The van der Waals surface area contributed by atoms with Crippen LogP contribution in [0.25, 0.3) is 0 Å². The summed E-state index contributed by atoms with van der Waals surface area (Å²) in [7, 11) is 1.23. The van der Waals surface area contributed by atoms with Crippen LogP contribution in [0.2, 0.25) is 0 Å². The highest BCUT2D eigenvalue weighted by atomic mass is 32.1. The zero-order chi connectivity index (χ0) is 17.2. The Kier molecular flexibility index (Phi) is 5.32. The Morgan fingerprint density at radius 3 is 2.61 bits per heavy atom. The van der Waals surface area contributed by atoms with E-state index < -0.39 is 23.4 Å². The monoisotopic (exact) mass is 361 g/mol. The van der Waals surface area contributed by atoms with E-state index in [1.807, 2.05) is 0 Å². The lowest BCUT2D eigenvalue weighted by Crippen LogP contribution is -2.12. The summed E-state index contributed by atoms with van der Waals surface area (Å²) in [4.78, 5) is 12.1. The average molecular weight is 361 g/mol. The van der Waals surface area contributed by atoms with Crippen LogP contribution in [0, 0.1) is 0 Å². The Labute approximate surface area is 137 Å². The fraction of sp³-hybridized carbons (Fsp3) is 0.267. The summed E-state index contributed by atoms with van der Waals surface area (Å²) in [6.45, 7) is 1.71. The highest BCUT2D eigenvalue weighted by Crippen LogP contribution is 2.42. The molecule has 23 heavy (non-hydrogen) atoms. The molecular formula is C15H15F3NO2PS. The van der Waals surface area contributed by atoms with Gasteiger partial charge in [0.25, 0.3) is 0 Å². The van der Waals surface area contributed by atoms with Gasteiger partial charge in [0, 0.05) is 11.0 Å². The van der Waals surface area contributed by atoms with E-state index in [9.17, 15) is 18.0 Å². The lowest BCUT2D eigenvalue weighted by atomic mass is 10.0. The van der Waals surface area contributed by atoms with Crippen LogP contribution in [0.15, 0.2) is 30.3 Å². The van der Waals surface area contributed by atoms with Gasteiger partial charge in [0.2, 0.25) is 0 Å². The molecular weight excluding hydrogens is 346 g/mol. The number of benzene rings is 1. The van der Waals surface area contributed by atoms with E-state index in [1.165, 1.54) is 19.2 Å². The summed E-state index contributed by atoms with van der Waals surface area (Å²) in [6, 6.07) is 7.11. The van der Waals surface area contributed by atoms with E-state index in [0.717, 1.165) is 17.4 Å². The normalized spacial score (nSPS) is 13.4. The molecule has 0 saturated carbocycles. The first-order valence-corrected chi connectivity index (χ1v) is 8.53. The van der Waals surface area contributed by atoms with Crippen molar-refractivity contribution in [1.29, 1.82) is 0 Å². The fourth-order valence-electron chi connectivity index (χ4n) is 2.21. The van der Waals surface area contributed by atoms with Crippen molar-refractivity contribution in [2.75, 3.05) is 12.8 Å². The second-order valence-corrected chi connectivity index (χ2v) is 7.61. The van der Waals surface area contributed by atoms with Crippen molar-refractivity contribution in [2.24, 2.45) is 0 Å². The molecule has 1 aromatic carbocycles. The molecule has 124 valence electrons. The van der Waals surface area contributed by atoms with Crippen LogP contribution in [-0.2, 0) is 10.9 Å². The number of carbonyl (C=O) groups is 1. The molecule has 0 amide bonds. The number of nitrogens with two attached hydrogens (primary N) is 1. The van der Waals surface area contributed by atoms with Gasteiger partial charge in [-0.25, -0.2) is 4.79 Å². The second-order valence-electron chi connectivity index (χ2n) is 4.83. The molecule has 2 rings (SSSR count). The molecule has 2 unspecified atom stereocenters. The van der Waals surface area contributed by atoms with Gasteiger partial charge in [-0.1, -0.05) is 33.7 Å². The number of ether oxygens (including phenoxy) is 1. The molecule has 0 spiro atoms. The minimum Gasteiger partial charge on any atom is -0.465 e. The number of methoxy groups -OCH3 is 1. The molecule has 0 bridgehead atoms. The lowest BCUT2D eigenvalue weighted by molar-refractivity contribution is -0.138. The first-order chi connectivity index (χ1) is 10.7. The van der Waals surface area contributed by atoms with Gasteiger partial charge < -0.3 is 10.5 Å². The second kappa shape index (κ2) is 6.89. The molecule has 0 aliphatic carbocycles. The zero-order valence-electron chi connectivity index (χ0n) is 12.4. The van der Waals surface area contributed by atoms with E-state index >= 15 is 0 Å². The maximum absolute atomic E-state index is 13.1. The Balaban J connectivity index is 2.34. The zero-order valence-corrected chi connectivity index (χ0v) is 14.2. The number of halogens is 3. The first-order valence-electron chi connectivity index (χ1n) is 6.64. The van der Waals surface area contributed by atoms with Crippen molar-refractivity contribution < 1.29 is 22.7 Å². The van der Waals surface area contributed by atoms with E-state index in [0.29, 0.717) is 15.2 Å². The minimum absolute atomic E-state index is 0.0238. The molecule has 2 aromatic rings. The number of anilines is 1. The number of thiophene rings is 1. The van der Waals surface area contributed by atoms with Gasteiger partial charge in [0.05, 0.1) is 17.7 Å². The van der Waals surface area contributed by atoms with Crippen molar-refractivity contribution in [3.63, 3.8) is 0 Å². The van der Waals surface area contributed by atoms with Crippen molar-refractivity contribution in [2.45, 2.75) is 18.8 Å². The van der Waals surface area contributed by atoms with Crippen LogP contribution in [-0.4, -0.2) is 13.1 Å². The summed E-state index contributed by atoms with van der Waals surface area (Å²) in [5.74, 6) is -0.523. The minimum atomic E-state index is -4.41. The van der Waals surface area contributed by atoms with Gasteiger partial charge in [-0.15, -0.1) is 11.3 Å². The van der Waals surface area contributed by atoms with Crippen LogP contribution in [0.3, 0.4) is 0 Å². The average Bonchev–Trinajstić information content (AvgIpc) is 2.86. The molecule has 3 nitrogen and oxygen atoms in total. The predicted molar refractivity (Wildman–Crippen MR) is 87.9 cm³/mol. The third-order valence-corrected chi connectivity index (χ3v) is 5.80. The van der Waals surface area contributed by atoms with Crippen molar-refractivity contribution in [1.82, 2.24) is 0 Å². The number of nitrogen functional groups attached to an aromatic ring is 1. The molecule has 0 saturated heterocycles. The highest BCUT2D eigenvalue weighted by Gasteiger charge is 2.34. The first kappa shape index (κ1) is 17.8. The molecule has 1 aromatic heterocycles. The summed E-state index contributed by atoms with van der Waals surface area (Å²) >= 11 is 1.08. The molecule has 8 heteroatoms. The van der Waals surface area contributed by atoms with Gasteiger partial charge in [-0.2, -0.15) is 13.2 Å². The third kappa shape index (κ3) is 4.03. The van der Waals surface area contributed by atoms with Crippen molar-refractivity contribution in [3.8, 4) is 0 Å². The molecule has 0 fully saturated rings. The molecule has 0 aliphatic rings. The molecule has 2 N–H and O–H groups in total. The van der Waals surface area contributed by atoms with Crippen LogP contribution < -0.4 is 11.0 Å². The van der Waals surface area contributed by atoms with Gasteiger partial charge in [0.1, 0.15) is 4.88 Å². The number of alkyl halides is 3. The number of carbonyl (C=O) groups excluding carboxylic acids is 1. The SMILES string of the molecule is COC(=O)c1sc(N)cc1PC(C)c1ccccc1C(F)(F)F. The number of hydrogen-bond acceptors (Lipinski definition) is 4. The lowest BCUT2D eigenvalue weighted by Gasteiger charge is -2.18. The standard InChI is InChI=1S/C15H15F3NO2PS/c1-8(9-5-3-4-6-10(9)15(16,17)18)22-11-7-12(19)23-13(11)14(20)21-2/h3-8,22H,19H2,1-2H3. The smallest absolute Gasteiger partial charge is 0.416 e. The summed E-state index contributed by atoms with van der Waals surface area (Å²) < 4.78 is 44.1. The summed E-state index contributed by atoms with van der Waals surface area (Å²) in [5, 5.41) is 1.06. The van der Waals surface area contributed by atoms with Gasteiger partial charge >= 0.3 is 12.1 Å². The van der Waals surface area contributed by atoms with E-state index in [2.05, 4.69) is 0 Å². The van der Waals surface area contributed by atoms with Gasteiger partial charge in [-0.05, 0) is 17.7 Å². The molecule has 1 heterocycles. The number of esters is 1. The Hall–Kier alpha value is -1.59. The fourth-order valence-corrected chi connectivity index (χ4v) is 4.73. The topological polar surface area (TPSA) is 52.3 Å². The summed E-state index contributed by atoms with van der Waals surface area (Å²) in [6.07, 6.45) is -4.41. The Morgan fingerprint density at radius 1 is 1.35 bits per heavy atom. The molecule has 2 atom stereocenters. The maximum Gasteiger partial charge on any atom is 0.416 e. The van der Waals surface area contributed by atoms with Crippen LogP contribution in [0.1, 0.15) is 33.4 Å². The number of hydrogen-bond donors (Lipinski definition) is 1. The van der Waals surface area contributed by atoms with E-state index in [-0.39, 0.29) is 14.1 Å². The van der Waals surface area contributed by atoms with Gasteiger partial charge in [-0.3, -0.25) is 0 Å². The van der Waals surface area contributed by atoms with Crippen molar-refractivity contribution in [3.05, 3.63) is 46.3 Å². The molecule has 0 radical (unpaired) electrons. The largest absolute Gasteiger partial charge is 0.465 e. The van der Waals surface area contributed by atoms with Gasteiger partial charge in [0.15, 0.2) is 0 Å². The maximum atomic E-state index is 13.1. The van der Waals surface area contributed by atoms with Crippen LogP contribution >= 0.6 is 19.9 Å². The van der Waals surface area contributed by atoms with E-state index in [4.69, 9.17) is 10.5 Å². The summed E-state index contributed by atoms with van der Waals surface area (Å²) in [5.41, 5.74) is 4.88. The third-order valence-electron chi connectivity index (χ3n) is 3.23. The number of rotatable bonds is 4. The Morgan fingerprint density at radius 2 is 2.00 bits per heavy atom. The molecule has 0 aliphatic heterocycles. The van der Waals surface area contributed by atoms with Crippen LogP contribution in [0.5, 0.6) is 0 Å². The van der Waals surface area contributed by atoms with E-state index in [1.54, 1.807) is 19.1 Å². The quantitative estimate of drug-likeness (QED) is 0.656. The predicted octanol–water partition coefficient (Wildman–Crippen LogP) is 4.20. The van der Waals surface area contributed by atoms with Crippen LogP contribution in [0.4, 0.5) is 18.2 Å². The highest BCUT2D eigenvalue weighted by molar-refractivity contribution is 7.49. The van der Waals surface area contributed by atoms with Crippen molar-refractivity contribution >= 4 is 36.2 Å². The Bertz CT molecular complexity index is 715.